The fourth-order valence-electron chi connectivity index (χ4n) is 3.32. The molecule has 1 aromatic carbocycles. The number of rotatable bonds is 7. The lowest BCUT2D eigenvalue weighted by Crippen LogP contribution is -2.43. The highest BCUT2D eigenvalue weighted by Gasteiger charge is 2.30. The second-order valence-corrected chi connectivity index (χ2v) is 6.94. The molecule has 2 atom stereocenters. The Bertz CT molecular complexity index is 624. The van der Waals surface area contributed by atoms with Crippen molar-refractivity contribution in [1.82, 2.24) is 4.90 Å². The van der Waals surface area contributed by atoms with Gasteiger partial charge in [0.2, 0.25) is 5.91 Å². The van der Waals surface area contributed by atoms with Crippen molar-refractivity contribution < 1.29 is 19.1 Å². The number of hydrogen-bond donors (Lipinski definition) is 1. The van der Waals surface area contributed by atoms with Crippen LogP contribution in [0.5, 0.6) is 0 Å². The zero-order chi connectivity index (χ0) is 19.1. The molecular weight excluding hydrogens is 332 g/mol. The molecule has 26 heavy (non-hydrogen) atoms. The third-order valence-electron chi connectivity index (χ3n) is 5.21. The predicted molar refractivity (Wildman–Crippen MR) is 98.1 cm³/mol. The van der Waals surface area contributed by atoms with Crippen molar-refractivity contribution in [2.75, 3.05) is 19.7 Å². The molecule has 1 aliphatic rings. The number of benzene rings is 1. The first-order valence-electron chi connectivity index (χ1n) is 9.22. The average Bonchev–Trinajstić information content (AvgIpc) is 2.67. The first-order chi connectivity index (χ1) is 12.4. The van der Waals surface area contributed by atoms with E-state index in [2.05, 4.69) is 0 Å². The number of piperidine rings is 1. The molecule has 142 valence electrons. The Morgan fingerprint density at radius 2 is 1.81 bits per heavy atom. The molecule has 0 aromatic heterocycles. The Morgan fingerprint density at radius 3 is 2.35 bits per heavy atom. The number of amides is 2. The van der Waals surface area contributed by atoms with Crippen molar-refractivity contribution >= 4 is 17.8 Å². The van der Waals surface area contributed by atoms with Crippen LogP contribution in [0.25, 0.3) is 0 Å². The Hall–Kier alpha value is -2.37. The van der Waals surface area contributed by atoms with E-state index in [9.17, 15) is 14.4 Å². The molecule has 1 fully saturated rings. The largest absolute Gasteiger partial charge is 0.455 e. The predicted octanol–water partition coefficient (Wildman–Crippen LogP) is 2.08. The Balaban J connectivity index is 1.91. The number of esters is 1. The Morgan fingerprint density at radius 1 is 1.19 bits per heavy atom. The van der Waals surface area contributed by atoms with Gasteiger partial charge in [-0.05, 0) is 24.3 Å². The molecular formula is C20H28N2O4. The highest BCUT2D eigenvalue weighted by atomic mass is 16.5. The van der Waals surface area contributed by atoms with E-state index in [-0.39, 0.29) is 42.1 Å². The van der Waals surface area contributed by atoms with Gasteiger partial charge in [0.25, 0.3) is 5.91 Å². The molecule has 6 nitrogen and oxygen atoms in total. The van der Waals surface area contributed by atoms with Gasteiger partial charge >= 0.3 is 5.97 Å². The summed E-state index contributed by atoms with van der Waals surface area (Å²) in [6.07, 6.45) is 1.96. The smallest absolute Gasteiger partial charge is 0.314 e. The molecule has 1 aliphatic heterocycles. The number of primary amides is 1. The van der Waals surface area contributed by atoms with Crippen LogP contribution in [-0.4, -0.2) is 42.4 Å². The SMILES string of the molecule is CC[C@@H](C)[C@H](C(=O)OCC(=O)N1CCC(C(N)=O)CC1)c1ccccc1. The molecule has 2 N–H and O–H groups in total. The molecule has 0 radical (unpaired) electrons. The number of hydrogen-bond acceptors (Lipinski definition) is 4. The topological polar surface area (TPSA) is 89.7 Å². The molecule has 0 spiro atoms. The molecule has 6 heteroatoms. The molecule has 1 saturated heterocycles. The lowest BCUT2D eigenvalue weighted by Gasteiger charge is -2.30. The number of carbonyl (C=O) groups excluding carboxylic acids is 3. The van der Waals surface area contributed by atoms with Crippen molar-refractivity contribution in [3.63, 3.8) is 0 Å². The van der Waals surface area contributed by atoms with E-state index < -0.39 is 0 Å². The summed E-state index contributed by atoms with van der Waals surface area (Å²) in [6.45, 7) is 4.71. The highest BCUT2D eigenvalue weighted by molar-refractivity contribution is 5.84. The summed E-state index contributed by atoms with van der Waals surface area (Å²) in [5.74, 6) is -1.35. The van der Waals surface area contributed by atoms with Crippen LogP contribution >= 0.6 is 0 Å². The third kappa shape index (κ3) is 5.07. The van der Waals surface area contributed by atoms with Crippen LogP contribution < -0.4 is 5.73 Å². The van der Waals surface area contributed by atoms with Crippen molar-refractivity contribution in [3.05, 3.63) is 35.9 Å². The third-order valence-corrected chi connectivity index (χ3v) is 5.21. The van der Waals surface area contributed by atoms with Gasteiger partial charge < -0.3 is 15.4 Å². The minimum Gasteiger partial charge on any atom is -0.455 e. The molecule has 0 unspecified atom stereocenters. The van der Waals surface area contributed by atoms with Gasteiger partial charge in [0.05, 0.1) is 5.92 Å². The van der Waals surface area contributed by atoms with Crippen molar-refractivity contribution in [3.8, 4) is 0 Å². The van der Waals surface area contributed by atoms with Crippen molar-refractivity contribution in [2.45, 2.75) is 39.0 Å². The van der Waals surface area contributed by atoms with Gasteiger partial charge in [0.15, 0.2) is 6.61 Å². The van der Waals surface area contributed by atoms with E-state index in [0.29, 0.717) is 25.9 Å². The number of nitrogens with two attached hydrogens (primary N) is 1. The van der Waals surface area contributed by atoms with Gasteiger partial charge in [-0.1, -0.05) is 50.6 Å². The maximum absolute atomic E-state index is 12.6. The van der Waals surface area contributed by atoms with E-state index in [1.165, 1.54) is 0 Å². The minimum atomic E-state index is -0.380. The lowest BCUT2D eigenvalue weighted by atomic mass is 9.86. The van der Waals surface area contributed by atoms with Crippen LogP contribution in [0.2, 0.25) is 0 Å². The average molecular weight is 360 g/mol. The molecule has 0 aliphatic carbocycles. The summed E-state index contributed by atoms with van der Waals surface area (Å²) in [4.78, 5) is 37.8. The minimum absolute atomic E-state index is 0.117. The van der Waals surface area contributed by atoms with Gasteiger partial charge in [-0.15, -0.1) is 0 Å². The number of ether oxygens (including phenoxy) is 1. The zero-order valence-electron chi connectivity index (χ0n) is 15.5. The first-order valence-corrected chi connectivity index (χ1v) is 9.22. The van der Waals surface area contributed by atoms with Crippen LogP contribution in [0, 0.1) is 11.8 Å². The Labute approximate surface area is 154 Å². The van der Waals surface area contributed by atoms with E-state index in [0.717, 1.165) is 12.0 Å². The molecule has 0 saturated carbocycles. The fraction of sp³-hybridized carbons (Fsp3) is 0.550. The quantitative estimate of drug-likeness (QED) is 0.754. The summed E-state index contributed by atoms with van der Waals surface area (Å²) >= 11 is 0. The Kier molecular flexibility index (Phi) is 7.18. The number of nitrogens with zero attached hydrogens (tertiary/aromatic N) is 1. The van der Waals surface area contributed by atoms with Gasteiger partial charge in [0, 0.05) is 19.0 Å². The van der Waals surface area contributed by atoms with Gasteiger partial charge in [-0.2, -0.15) is 0 Å². The first kappa shape index (κ1) is 19.9. The maximum atomic E-state index is 12.6. The summed E-state index contributed by atoms with van der Waals surface area (Å²) in [6, 6.07) is 9.52. The zero-order valence-corrected chi connectivity index (χ0v) is 15.5. The monoisotopic (exact) mass is 360 g/mol. The highest BCUT2D eigenvalue weighted by Crippen LogP contribution is 2.28. The van der Waals surface area contributed by atoms with E-state index in [1.54, 1.807) is 4.90 Å². The standard InChI is InChI=1S/C20H28N2O4/c1-3-14(2)18(15-7-5-4-6-8-15)20(25)26-13-17(23)22-11-9-16(10-12-22)19(21)24/h4-8,14,16,18H,3,9-13H2,1-2H3,(H2,21,24)/t14-,18+/m1/s1. The van der Waals surface area contributed by atoms with E-state index in [4.69, 9.17) is 10.5 Å². The molecule has 2 amide bonds. The van der Waals surface area contributed by atoms with Crippen LogP contribution in [0.4, 0.5) is 0 Å². The van der Waals surface area contributed by atoms with Crippen LogP contribution in [0.1, 0.15) is 44.6 Å². The molecule has 2 rings (SSSR count). The fourth-order valence-corrected chi connectivity index (χ4v) is 3.32. The summed E-state index contributed by atoms with van der Waals surface area (Å²) in [7, 11) is 0. The lowest BCUT2D eigenvalue weighted by molar-refractivity contribution is -0.155. The second kappa shape index (κ2) is 9.36. The van der Waals surface area contributed by atoms with Crippen LogP contribution in [0.15, 0.2) is 30.3 Å². The van der Waals surface area contributed by atoms with Crippen LogP contribution in [0.3, 0.4) is 0 Å². The van der Waals surface area contributed by atoms with Gasteiger partial charge in [-0.3, -0.25) is 14.4 Å². The van der Waals surface area contributed by atoms with Gasteiger partial charge in [-0.25, -0.2) is 0 Å². The summed E-state index contributed by atoms with van der Waals surface area (Å²) in [5, 5.41) is 0. The summed E-state index contributed by atoms with van der Waals surface area (Å²) in [5.41, 5.74) is 6.21. The number of carbonyl (C=O) groups is 3. The van der Waals surface area contributed by atoms with Crippen molar-refractivity contribution in [2.24, 2.45) is 17.6 Å². The van der Waals surface area contributed by atoms with Crippen LogP contribution in [-0.2, 0) is 19.1 Å². The van der Waals surface area contributed by atoms with Crippen molar-refractivity contribution in [1.29, 1.82) is 0 Å². The molecule has 0 bridgehead atoms. The van der Waals surface area contributed by atoms with E-state index >= 15 is 0 Å². The van der Waals surface area contributed by atoms with E-state index in [1.807, 2.05) is 44.2 Å². The summed E-state index contributed by atoms with van der Waals surface area (Å²) < 4.78 is 5.35. The second-order valence-electron chi connectivity index (χ2n) is 6.94. The normalized spacial score (nSPS) is 17.4. The molecule has 1 aromatic rings. The maximum Gasteiger partial charge on any atom is 0.314 e. The van der Waals surface area contributed by atoms with Gasteiger partial charge in [0.1, 0.15) is 0 Å². The molecule has 1 heterocycles. The number of likely N-dealkylation sites (tertiary alicyclic amines) is 1.